The van der Waals surface area contributed by atoms with Crippen molar-refractivity contribution in [3.05, 3.63) is 83.4 Å². The molecule has 1 aliphatic carbocycles. The number of likely N-dealkylation sites (tertiary alicyclic amines) is 1. The number of carbonyl (C=O) groups is 2. The van der Waals surface area contributed by atoms with Crippen molar-refractivity contribution in [3.8, 4) is 0 Å². The SMILES string of the molecule is O=C(O)c1ccc(CCN2C(=O)CCC2C=CC(O)C2(c3ccccc3)CC2)cc1. The summed E-state index contributed by atoms with van der Waals surface area (Å²) < 4.78 is 0. The van der Waals surface area contributed by atoms with Gasteiger partial charge in [-0.3, -0.25) is 4.79 Å². The second-order valence-electron chi connectivity index (χ2n) is 8.30. The lowest BCUT2D eigenvalue weighted by Crippen LogP contribution is -2.34. The van der Waals surface area contributed by atoms with Crippen molar-refractivity contribution in [3.63, 3.8) is 0 Å². The highest BCUT2D eigenvalue weighted by Crippen LogP contribution is 2.51. The predicted molar refractivity (Wildman–Crippen MR) is 114 cm³/mol. The van der Waals surface area contributed by atoms with Crippen LogP contribution in [0.2, 0.25) is 0 Å². The third-order valence-electron chi connectivity index (χ3n) is 6.44. The summed E-state index contributed by atoms with van der Waals surface area (Å²) in [5.41, 5.74) is 2.25. The molecule has 1 heterocycles. The Morgan fingerprint density at radius 1 is 1.13 bits per heavy atom. The Balaban J connectivity index is 1.38. The number of carboxylic acid groups (broad SMARTS) is 1. The fourth-order valence-electron chi connectivity index (χ4n) is 4.39. The molecule has 0 aromatic heterocycles. The first-order chi connectivity index (χ1) is 14.5. The van der Waals surface area contributed by atoms with E-state index < -0.39 is 12.1 Å². The van der Waals surface area contributed by atoms with E-state index in [1.54, 1.807) is 24.3 Å². The number of hydrogen-bond donors (Lipinski definition) is 2. The quantitative estimate of drug-likeness (QED) is 0.658. The van der Waals surface area contributed by atoms with Crippen molar-refractivity contribution in [1.29, 1.82) is 0 Å². The zero-order valence-corrected chi connectivity index (χ0v) is 16.9. The molecule has 2 fully saturated rings. The smallest absolute Gasteiger partial charge is 0.335 e. The van der Waals surface area contributed by atoms with Crippen molar-refractivity contribution in [2.24, 2.45) is 0 Å². The third-order valence-corrected chi connectivity index (χ3v) is 6.44. The van der Waals surface area contributed by atoms with E-state index in [1.807, 2.05) is 35.3 Å². The molecule has 0 radical (unpaired) electrons. The van der Waals surface area contributed by atoms with E-state index >= 15 is 0 Å². The van der Waals surface area contributed by atoms with Crippen LogP contribution in [0.1, 0.15) is 47.2 Å². The maximum absolute atomic E-state index is 12.4. The van der Waals surface area contributed by atoms with Crippen molar-refractivity contribution in [1.82, 2.24) is 4.90 Å². The Hall–Kier alpha value is -2.92. The molecule has 0 spiro atoms. The standard InChI is InChI=1S/C25H27NO4/c27-22(25(15-16-25)20-4-2-1-3-5-20)12-10-21-11-13-23(28)26(21)17-14-18-6-8-19(9-7-18)24(29)30/h1-10,12,21-22,27H,11,13-17H2,(H,29,30). The molecule has 156 valence electrons. The van der Waals surface area contributed by atoms with Gasteiger partial charge in [-0.1, -0.05) is 54.6 Å². The molecule has 4 rings (SSSR count). The number of aromatic carboxylic acids is 1. The molecule has 1 amide bonds. The Morgan fingerprint density at radius 3 is 2.47 bits per heavy atom. The van der Waals surface area contributed by atoms with E-state index in [-0.39, 0.29) is 22.9 Å². The summed E-state index contributed by atoms with van der Waals surface area (Å²) in [4.78, 5) is 25.2. The first-order valence-corrected chi connectivity index (χ1v) is 10.5. The molecule has 0 bridgehead atoms. The molecule has 1 saturated heterocycles. The lowest BCUT2D eigenvalue weighted by atomic mass is 9.89. The number of carbonyl (C=O) groups excluding carboxylic acids is 1. The van der Waals surface area contributed by atoms with Crippen LogP contribution in [0.5, 0.6) is 0 Å². The summed E-state index contributed by atoms with van der Waals surface area (Å²) in [6.07, 6.45) is 7.22. The van der Waals surface area contributed by atoms with E-state index in [0.717, 1.165) is 24.8 Å². The topological polar surface area (TPSA) is 77.8 Å². The summed E-state index contributed by atoms with van der Waals surface area (Å²) in [7, 11) is 0. The van der Waals surface area contributed by atoms with Crippen molar-refractivity contribution in [2.45, 2.75) is 49.7 Å². The molecule has 5 heteroatoms. The minimum atomic E-state index is -0.941. The summed E-state index contributed by atoms with van der Waals surface area (Å²) >= 11 is 0. The Labute approximate surface area is 176 Å². The third kappa shape index (κ3) is 4.17. The number of nitrogens with zero attached hydrogens (tertiary/aromatic N) is 1. The second-order valence-corrected chi connectivity index (χ2v) is 8.30. The van der Waals surface area contributed by atoms with Gasteiger partial charge in [-0.2, -0.15) is 0 Å². The maximum atomic E-state index is 12.4. The summed E-state index contributed by atoms with van der Waals surface area (Å²) in [6, 6.07) is 16.9. The van der Waals surface area contributed by atoms with Crippen LogP contribution in [-0.2, 0) is 16.6 Å². The van der Waals surface area contributed by atoms with Crippen LogP contribution in [0.3, 0.4) is 0 Å². The molecular formula is C25H27NO4. The van der Waals surface area contributed by atoms with Crippen LogP contribution < -0.4 is 0 Å². The van der Waals surface area contributed by atoms with Crippen molar-refractivity contribution in [2.75, 3.05) is 6.54 Å². The van der Waals surface area contributed by atoms with Gasteiger partial charge in [0.15, 0.2) is 0 Å². The van der Waals surface area contributed by atoms with Gasteiger partial charge in [0.05, 0.1) is 17.7 Å². The molecule has 30 heavy (non-hydrogen) atoms. The predicted octanol–water partition coefficient (Wildman–Crippen LogP) is 3.57. The van der Waals surface area contributed by atoms with Gasteiger partial charge in [0.1, 0.15) is 0 Å². The monoisotopic (exact) mass is 405 g/mol. The molecule has 2 aromatic carbocycles. The molecule has 1 saturated carbocycles. The molecule has 2 aliphatic rings. The number of amides is 1. The van der Waals surface area contributed by atoms with Gasteiger partial charge in [-0.05, 0) is 48.9 Å². The molecule has 1 aliphatic heterocycles. The normalized spacial score (nSPS) is 21.2. The Morgan fingerprint density at radius 2 is 1.83 bits per heavy atom. The van der Waals surface area contributed by atoms with E-state index in [0.29, 0.717) is 19.4 Å². The zero-order chi connectivity index (χ0) is 21.1. The molecule has 2 aromatic rings. The van der Waals surface area contributed by atoms with Crippen LogP contribution in [-0.4, -0.2) is 45.7 Å². The lowest BCUT2D eigenvalue weighted by Gasteiger charge is -2.24. The van der Waals surface area contributed by atoms with E-state index in [4.69, 9.17) is 5.11 Å². The van der Waals surface area contributed by atoms with Gasteiger partial charge >= 0.3 is 5.97 Å². The van der Waals surface area contributed by atoms with Crippen LogP contribution in [0.25, 0.3) is 0 Å². The van der Waals surface area contributed by atoms with Gasteiger partial charge in [0, 0.05) is 18.4 Å². The number of rotatable bonds is 8. The number of aliphatic hydroxyl groups excluding tert-OH is 1. The van der Waals surface area contributed by atoms with Gasteiger partial charge < -0.3 is 15.1 Å². The minimum absolute atomic E-state index is 0.00276. The maximum Gasteiger partial charge on any atom is 0.335 e. The second kappa shape index (κ2) is 8.44. The van der Waals surface area contributed by atoms with Crippen LogP contribution in [0.15, 0.2) is 66.7 Å². The van der Waals surface area contributed by atoms with Crippen LogP contribution in [0, 0.1) is 0 Å². The first-order valence-electron chi connectivity index (χ1n) is 10.5. The van der Waals surface area contributed by atoms with Crippen molar-refractivity contribution >= 4 is 11.9 Å². The highest BCUT2D eigenvalue weighted by atomic mass is 16.4. The highest BCUT2D eigenvalue weighted by molar-refractivity contribution is 5.87. The molecule has 2 N–H and O–H groups in total. The first kappa shape index (κ1) is 20.4. The molecule has 2 unspecified atom stereocenters. The Bertz CT molecular complexity index is 931. The number of benzene rings is 2. The average molecular weight is 405 g/mol. The average Bonchev–Trinajstić information content (AvgIpc) is 3.51. The van der Waals surface area contributed by atoms with E-state index in [9.17, 15) is 14.7 Å². The molecule has 2 atom stereocenters. The van der Waals surface area contributed by atoms with Gasteiger partial charge in [0.2, 0.25) is 5.91 Å². The summed E-state index contributed by atoms with van der Waals surface area (Å²) in [6.45, 7) is 0.584. The van der Waals surface area contributed by atoms with Crippen molar-refractivity contribution < 1.29 is 19.8 Å². The lowest BCUT2D eigenvalue weighted by molar-refractivity contribution is -0.128. The van der Waals surface area contributed by atoms with Crippen LogP contribution >= 0.6 is 0 Å². The van der Waals surface area contributed by atoms with Gasteiger partial charge in [-0.15, -0.1) is 0 Å². The number of hydrogen-bond acceptors (Lipinski definition) is 3. The largest absolute Gasteiger partial charge is 0.478 e. The van der Waals surface area contributed by atoms with Gasteiger partial charge in [0.25, 0.3) is 0 Å². The zero-order valence-electron chi connectivity index (χ0n) is 16.9. The fraction of sp³-hybridized carbons (Fsp3) is 0.360. The minimum Gasteiger partial charge on any atom is -0.478 e. The molecule has 5 nitrogen and oxygen atoms in total. The summed E-state index contributed by atoms with van der Waals surface area (Å²) in [5.74, 6) is -0.811. The highest BCUT2D eigenvalue weighted by Gasteiger charge is 2.49. The van der Waals surface area contributed by atoms with E-state index in [1.165, 1.54) is 5.56 Å². The molecular weight excluding hydrogens is 378 g/mol. The summed E-state index contributed by atoms with van der Waals surface area (Å²) in [5, 5.41) is 19.9. The van der Waals surface area contributed by atoms with Gasteiger partial charge in [-0.25, -0.2) is 4.79 Å². The Kier molecular flexibility index (Phi) is 5.73. The number of carboxylic acids is 1. The fourth-order valence-corrected chi connectivity index (χ4v) is 4.39. The van der Waals surface area contributed by atoms with E-state index in [2.05, 4.69) is 12.1 Å². The van der Waals surface area contributed by atoms with Crippen LogP contribution in [0.4, 0.5) is 0 Å². The number of aliphatic hydroxyl groups is 1.